The summed E-state index contributed by atoms with van der Waals surface area (Å²) in [6, 6.07) is 8.30. The molecule has 0 unspecified atom stereocenters. The minimum atomic E-state index is 0.526. The molecule has 96 valence electrons. The molecule has 0 amide bonds. The second kappa shape index (κ2) is 6.76. The second-order valence-electron chi connectivity index (χ2n) is 4.12. The quantitative estimate of drug-likeness (QED) is 0.764. The number of thiazole rings is 1. The lowest BCUT2D eigenvalue weighted by atomic mass is 10.1. The van der Waals surface area contributed by atoms with E-state index in [0.29, 0.717) is 11.1 Å². The van der Waals surface area contributed by atoms with Crippen molar-refractivity contribution in [2.75, 3.05) is 0 Å². The SMILES string of the molecule is CCCCc1ccc(OCc2cnc(Cl)s2)cc1. The van der Waals surface area contributed by atoms with Crippen LogP contribution in [0.25, 0.3) is 0 Å². The van der Waals surface area contributed by atoms with Crippen molar-refractivity contribution in [3.05, 3.63) is 45.4 Å². The lowest BCUT2D eigenvalue weighted by Gasteiger charge is -2.05. The summed E-state index contributed by atoms with van der Waals surface area (Å²) in [7, 11) is 0. The predicted molar refractivity (Wildman–Crippen MR) is 76.5 cm³/mol. The Balaban J connectivity index is 1.86. The highest BCUT2D eigenvalue weighted by molar-refractivity contribution is 7.15. The highest BCUT2D eigenvalue weighted by Gasteiger charge is 2.01. The van der Waals surface area contributed by atoms with E-state index in [1.807, 2.05) is 12.1 Å². The first-order valence-corrected chi connectivity index (χ1v) is 7.29. The molecule has 2 nitrogen and oxygen atoms in total. The van der Waals surface area contributed by atoms with Gasteiger partial charge in [0.1, 0.15) is 12.4 Å². The third-order valence-corrected chi connectivity index (χ3v) is 3.74. The number of hydrogen-bond acceptors (Lipinski definition) is 3. The van der Waals surface area contributed by atoms with Crippen LogP contribution in [0.3, 0.4) is 0 Å². The molecular formula is C14H16ClNOS. The molecule has 0 N–H and O–H groups in total. The van der Waals surface area contributed by atoms with E-state index in [9.17, 15) is 0 Å². The minimum Gasteiger partial charge on any atom is -0.488 e. The van der Waals surface area contributed by atoms with Gasteiger partial charge in [-0.2, -0.15) is 0 Å². The van der Waals surface area contributed by atoms with Crippen molar-refractivity contribution in [3.8, 4) is 5.75 Å². The molecule has 0 aliphatic rings. The van der Waals surface area contributed by atoms with Crippen molar-refractivity contribution in [2.45, 2.75) is 32.8 Å². The maximum absolute atomic E-state index is 5.76. The molecule has 0 aliphatic carbocycles. The number of rotatable bonds is 6. The summed E-state index contributed by atoms with van der Waals surface area (Å²) in [6.45, 7) is 2.73. The molecule has 0 fully saturated rings. The fraction of sp³-hybridized carbons (Fsp3) is 0.357. The van der Waals surface area contributed by atoms with Crippen LogP contribution >= 0.6 is 22.9 Å². The summed E-state index contributed by atoms with van der Waals surface area (Å²) < 4.78 is 6.24. The number of hydrogen-bond donors (Lipinski definition) is 0. The number of aryl methyl sites for hydroxylation is 1. The van der Waals surface area contributed by atoms with Crippen molar-refractivity contribution in [1.29, 1.82) is 0 Å². The summed E-state index contributed by atoms with van der Waals surface area (Å²) in [5.41, 5.74) is 1.37. The Bertz CT molecular complexity index is 481. The average Bonchev–Trinajstić information content (AvgIpc) is 2.81. The van der Waals surface area contributed by atoms with Gasteiger partial charge in [-0.15, -0.1) is 11.3 Å². The van der Waals surface area contributed by atoms with Crippen molar-refractivity contribution in [3.63, 3.8) is 0 Å². The van der Waals surface area contributed by atoms with Crippen molar-refractivity contribution in [2.24, 2.45) is 0 Å². The maximum atomic E-state index is 5.76. The van der Waals surface area contributed by atoms with E-state index in [2.05, 4.69) is 24.0 Å². The molecular weight excluding hydrogens is 266 g/mol. The lowest BCUT2D eigenvalue weighted by Crippen LogP contribution is -1.93. The lowest BCUT2D eigenvalue weighted by molar-refractivity contribution is 0.309. The summed E-state index contributed by atoms with van der Waals surface area (Å²) in [6.07, 6.45) is 5.35. The van der Waals surface area contributed by atoms with Gasteiger partial charge in [-0.25, -0.2) is 4.98 Å². The molecule has 1 heterocycles. The van der Waals surface area contributed by atoms with E-state index in [1.54, 1.807) is 6.20 Å². The molecule has 0 radical (unpaired) electrons. The Hall–Kier alpha value is -1.06. The number of nitrogens with zero attached hydrogens (tertiary/aromatic N) is 1. The molecule has 1 aromatic heterocycles. The molecule has 0 aliphatic heterocycles. The number of benzene rings is 1. The van der Waals surface area contributed by atoms with Crippen molar-refractivity contribution >= 4 is 22.9 Å². The van der Waals surface area contributed by atoms with E-state index in [0.717, 1.165) is 17.0 Å². The second-order valence-corrected chi connectivity index (χ2v) is 5.81. The van der Waals surface area contributed by atoms with Gasteiger partial charge in [0.05, 0.1) is 4.88 Å². The first-order chi connectivity index (χ1) is 8.78. The Kier molecular flexibility index (Phi) is 5.02. The molecule has 2 aromatic rings. The molecule has 18 heavy (non-hydrogen) atoms. The zero-order chi connectivity index (χ0) is 12.8. The monoisotopic (exact) mass is 281 g/mol. The fourth-order valence-electron chi connectivity index (χ4n) is 1.64. The van der Waals surface area contributed by atoms with Crippen LogP contribution in [0.5, 0.6) is 5.75 Å². The molecule has 2 rings (SSSR count). The number of aromatic nitrogens is 1. The first kappa shape index (κ1) is 13.4. The van der Waals surface area contributed by atoms with E-state index in [4.69, 9.17) is 16.3 Å². The van der Waals surface area contributed by atoms with Crippen LogP contribution in [0.4, 0.5) is 0 Å². The van der Waals surface area contributed by atoms with Crippen LogP contribution in [0, 0.1) is 0 Å². The molecule has 0 spiro atoms. The van der Waals surface area contributed by atoms with Crippen LogP contribution in [-0.4, -0.2) is 4.98 Å². The van der Waals surface area contributed by atoms with Crippen LogP contribution in [0.1, 0.15) is 30.2 Å². The molecule has 1 aromatic carbocycles. The summed E-state index contributed by atoms with van der Waals surface area (Å²) >= 11 is 7.21. The first-order valence-electron chi connectivity index (χ1n) is 6.10. The third kappa shape index (κ3) is 4.00. The molecule has 0 bridgehead atoms. The molecule has 0 saturated heterocycles. The highest BCUT2D eigenvalue weighted by atomic mass is 35.5. The average molecular weight is 282 g/mol. The summed E-state index contributed by atoms with van der Waals surface area (Å²) in [5.74, 6) is 0.889. The zero-order valence-corrected chi connectivity index (χ0v) is 11.9. The highest BCUT2D eigenvalue weighted by Crippen LogP contribution is 2.20. The van der Waals surface area contributed by atoms with E-state index >= 15 is 0 Å². The fourth-order valence-corrected chi connectivity index (χ4v) is 2.53. The van der Waals surface area contributed by atoms with Gasteiger partial charge in [-0.3, -0.25) is 0 Å². The largest absolute Gasteiger partial charge is 0.488 e. The smallest absolute Gasteiger partial charge is 0.183 e. The minimum absolute atomic E-state index is 0.526. The number of unbranched alkanes of at least 4 members (excludes halogenated alkanes) is 1. The Morgan fingerprint density at radius 1 is 1.28 bits per heavy atom. The zero-order valence-electron chi connectivity index (χ0n) is 10.4. The molecule has 4 heteroatoms. The van der Waals surface area contributed by atoms with Crippen molar-refractivity contribution in [1.82, 2.24) is 4.98 Å². The predicted octanol–water partition coefficient (Wildman–Crippen LogP) is 4.72. The van der Waals surface area contributed by atoms with Crippen LogP contribution in [0.2, 0.25) is 4.47 Å². The standard InChI is InChI=1S/C14H16ClNOS/c1-2-3-4-11-5-7-12(8-6-11)17-10-13-9-16-14(15)18-13/h5-9H,2-4,10H2,1H3. The van der Waals surface area contributed by atoms with Gasteiger partial charge in [-0.1, -0.05) is 37.1 Å². The van der Waals surface area contributed by atoms with E-state index < -0.39 is 0 Å². The Labute approximate surface area is 117 Å². The van der Waals surface area contributed by atoms with Gasteiger partial charge in [-0.05, 0) is 30.5 Å². The summed E-state index contributed by atoms with van der Waals surface area (Å²) in [5, 5.41) is 0. The van der Waals surface area contributed by atoms with Gasteiger partial charge in [0, 0.05) is 6.20 Å². The van der Waals surface area contributed by atoms with Crippen LogP contribution in [0.15, 0.2) is 30.5 Å². The van der Waals surface area contributed by atoms with E-state index in [-0.39, 0.29) is 0 Å². The molecule has 0 saturated carbocycles. The number of ether oxygens (including phenoxy) is 1. The van der Waals surface area contributed by atoms with Gasteiger partial charge in [0.15, 0.2) is 4.47 Å². The maximum Gasteiger partial charge on any atom is 0.183 e. The molecule has 0 atom stereocenters. The summed E-state index contributed by atoms with van der Waals surface area (Å²) in [4.78, 5) is 5.02. The van der Waals surface area contributed by atoms with Crippen LogP contribution < -0.4 is 4.74 Å². The van der Waals surface area contributed by atoms with Gasteiger partial charge in [0.25, 0.3) is 0 Å². The Morgan fingerprint density at radius 3 is 2.67 bits per heavy atom. The van der Waals surface area contributed by atoms with Gasteiger partial charge in [0.2, 0.25) is 0 Å². The Morgan fingerprint density at radius 2 is 2.06 bits per heavy atom. The topological polar surface area (TPSA) is 22.1 Å². The van der Waals surface area contributed by atoms with Gasteiger partial charge < -0.3 is 4.74 Å². The number of halogens is 1. The third-order valence-electron chi connectivity index (χ3n) is 2.65. The van der Waals surface area contributed by atoms with Crippen molar-refractivity contribution < 1.29 is 4.74 Å². The van der Waals surface area contributed by atoms with E-state index in [1.165, 1.54) is 29.7 Å². The van der Waals surface area contributed by atoms with Crippen LogP contribution in [-0.2, 0) is 13.0 Å². The van der Waals surface area contributed by atoms with Gasteiger partial charge >= 0.3 is 0 Å². The normalized spacial score (nSPS) is 10.6.